The molecule has 1 aromatic heterocycles. The van der Waals surface area contributed by atoms with Gasteiger partial charge in [0.05, 0.1) is 21.6 Å². The predicted molar refractivity (Wildman–Crippen MR) is 131 cm³/mol. The summed E-state index contributed by atoms with van der Waals surface area (Å²) in [6.45, 7) is 1.61. The minimum Gasteiger partial charge on any atom is -0.341 e. The van der Waals surface area contributed by atoms with Crippen molar-refractivity contribution in [2.24, 2.45) is 5.10 Å². The first kappa shape index (κ1) is 23.5. The number of nitrogens with zero attached hydrogens (tertiary/aromatic N) is 7. The molecular formula is C22H23N9O4. The normalized spacial score (nSPS) is 13.9. The van der Waals surface area contributed by atoms with Gasteiger partial charge in [0.25, 0.3) is 11.4 Å². The lowest BCUT2D eigenvalue weighted by atomic mass is 10.2. The van der Waals surface area contributed by atoms with E-state index in [2.05, 4.69) is 35.7 Å². The average molecular weight is 477 g/mol. The van der Waals surface area contributed by atoms with Crippen molar-refractivity contribution in [3.8, 4) is 0 Å². The van der Waals surface area contributed by atoms with E-state index in [1.807, 2.05) is 0 Å². The van der Waals surface area contributed by atoms with Crippen molar-refractivity contribution in [1.82, 2.24) is 15.0 Å². The van der Waals surface area contributed by atoms with Gasteiger partial charge in [-0.25, -0.2) is 5.43 Å². The van der Waals surface area contributed by atoms with Crippen molar-refractivity contribution < 1.29 is 9.85 Å². The highest BCUT2D eigenvalue weighted by molar-refractivity contribution is 5.85. The molecule has 2 N–H and O–H groups in total. The van der Waals surface area contributed by atoms with Gasteiger partial charge in [0, 0.05) is 37.0 Å². The standard InChI is InChI=1S/C22H23N9O4/c32-30(33)18-11-9-17(10-12-18)24-20-25-21(27-22(26-20)29-13-5-1-2-6-14-29)28-23-15-16-7-3-4-8-19(16)31(34)35/h3-4,7-12,15H,1-2,5-6,13-14H2,(H2,24,25,26,27,28). The van der Waals surface area contributed by atoms with Crippen molar-refractivity contribution in [1.29, 1.82) is 0 Å². The monoisotopic (exact) mass is 477 g/mol. The van der Waals surface area contributed by atoms with Gasteiger partial charge < -0.3 is 10.2 Å². The van der Waals surface area contributed by atoms with Crippen LogP contribution < -0.4 is 15.6 Å². The Kier molecular flexibility index (Phi) is 7.35. The Morgan fingerprint density at radius 2 is 1.54 bits per heavy atom. The highest BCUT2D eigenvalue weighted by Gasteiger charge is 2.16. The summed E-state index contributed by atoms with van der Waals surface area (Å²) in [5, 5.41) is 29.3. The number of nitrogens with one attached hydrogen (secondary N) is 2. The molecule has 0 radical (unpaired) electrons. The number of nitro benzene ring substituents is 2. The number of benzene rings is 2. The first-order chi connectivity index (χ1) is 17.0. The van der Waals surface area contributed by atoms with Crippen molar-refractivity contribution >= 4 is 41.1 Å². The molecule has 0 bridgehead atoms. The number of anilines is 4. The second-order valence-electron chi connectivity index (χ2n) is 7.80. The topological polar surface area (TPSA) is 165 Å². The SMILES string of the molecule is O=[N+]([O-])c1ccc(Nc2nc(NN=Cc3ccccc3[N+](=O)[O-])nc(N3CCCCCC3)n2)cc1. The van der Waals surface area contributed by atoms with Crippen LogP contribution in [0.4, 0.5) is 34.9 Å². The fraction of sp³-hybridized carbons (Fsp3) is 0.273. The van der Waals surface area contributed by atoms with Gasteiger partial charge in [-0.3, -0.25) is 20.2 Å². The van der Waals surface area contributed by atoms with Crippen LogP contribution >= 0.6 is 0 Å². The molecule has 0 spiro atoms. The molecule has 180 valence electrons. The Balaban J connectivity index is 1.59. The maximum absolute atomic E-state index is 11.2. The smallest absolute Gasteiger partial charge is 0.278 e. The Morgan fingerprint density at radius 3 is 2.23 bits per heavy atom. The second kappa shape index (κ2) is 11.0. The maximum Gasteiger partial charge on any atom is 0.278 e. The molecule has 35 heavy (non-hydrogen) atoms. The third kappa shape index (κ3) is 6.22. The summed E-state index contributed by atoms with van der Waals surface area (Å²) >= 11 is 0. The molecule has 1 fully saturated rings. The molecule has 2 heterocycles. The Bertz CT molecular complexity index is 1230. The molecule has 4 rings (SSSR count). The van der Waals surface area contributed by atoms with E-state index >= 15 is 0 Å². The van der Waals surface area contributed by atoms with Crippen LogP contribution in [0.25, 0.3) is 0 Å². The molecule has 1 saturated heterocycles. The largest absolute Gasteiger partial charge is 0.341 e. The highest BCUT2D eigenvalue weighted by atomic mass is 16.6. The van der Waals surface area contributed by atoms with Gasteiger partial charge in [0.15, 0.2) is 0 Å². The maximum atomic E-state index is 11.2. The molecule has 0 saturated carbocycles. The summed E-state index contributed by atoms with van der Waals surface area (Å²) in [5.74, 6) is 0.852. The fourth-order valence-electron chi connectivity index (χ4n) is 3.60. The van der Waals surface area contributed by atoms with Crippen molar-refractivity contribution in [3.63, 3.8) is 0 Å². The summed E-state index contributed by atoms with van der Waals surface area (Å²) in [5.41, 5.74) is 3.54. The number of nitro groups is 2. The molecule has 13 nitrogen and oxygen atoms in total. The molecular weight excluding hydrogens is 454 g/mol. The highest BCUT2D eigenvalue weighted by Crippen LogP contribution is 2.22. The summed E-state index contributed by atoms with van der Waals surface area (Å²) in [4.78, 5) is 36.6. The summed E-state index contributed by atoms with van der Waals surface area (Å²) < 4.78 is 0. The average Bonchev–Trinajstić information content (AvgIpc) is 3.14. The van der Waals surface area contributed by atoms with Crippen LogP contribution in [0, 0.1) is 20.2 Å². The number of hydrazone groups is 1. The summed E-state index contributed by atoms with van der Waals surface area (Å²) in [6, 6.07) is 12.1. The van der Waals surface area contributed by atoms with Gasteiger partial charge in [-0.15, -0.1) is 0 Å². The molecule has 3 aromatic rings. The van der Waals surface area contributed by atoms with E-state index in [0.29, 0.717) is 17.2 Å². The van der Waals surface area contributed by atoms with E-state index in [0.717, 1.165) is 38.8 Å². The van der Waals surface area contributed by atoms with E-state index in [1.54, 1.807) is 30.3 Å². The zero-order valence-corrected chi connectivity index (χ0v) is 18.7. The number of rotatable bonds is 8. The fourth-order valence-corrected chi connectivity index (χ4v) is 3.60. The lowest BCUT2D eigenvalue weighted by Gasteiger charge is -2.21. The molecule has 1 aliphatic heterocycles. The Morgan fingerprint density at radius 1 is 0.857 bits per heavy atom. The molecule has 0 atom stereocenters. The quantitative estimate of drug-likeness (QED) is 0.272. The molecule has 13 heteroatoms. The van der Waals surface area contributed by atoms with Crippen LogP contribution in [0.2, 0.25) is 0 Å². The lowest BCUT2D eigenvalue weighted by Crippen LogP contribution is -2.26. The van der Waals surface area contributed by atoms with Gasteiger partial charge in [0.1, 0.15) is 0 Å². The van der Waals surface area contributed by atoms with Crippen molar-refractivity contribution in [2.45, 2.75) is 25.7 Å². The number of hydrogen-bond acceptors (Lipinski definition) is 11. The third-order valence-corrected chi connectivity index (χ3v) is 5.35. The minimum absolute atomic E-state index is 0.0249. The minimum atomic E-state index is -0.478. The Hall–Kier alpha value is -4.68. The molecule has 1 aliphatic rings. The predicted octanol–water partition coefficient (Wildman–Crippen LogP) is 4.26. The van der Waals surface area contributed by atoms with Crippen molar-refractivity contribution in [2.75, 3.05) is 28.7 Å². The van der Waals surface area contributed by atoms with Crippen molar-refractivity contribution in [3.05, 3.63) is 74.3 Å². The van der Waals surface area contributed by atoms with E-state index in [-0.39, 0.29) is 23.3 Å². The van der Waals surface area contributed by atoms with Crippen LogP contribution in [-0.2, 0) is 0 Å². The van der Waals surface area contributed by atoms with Crippen LogP contribution in [0.15, 0.2) is 53.6 Å². The number of aromatic nitrogens is 3. The molecule has 2 aromatic carbocycles. The molecule has 0 unspecified atom stereocenters. The summed E-state index contributed by atoms with van der Waals surface area (Å²) in [7, 11) is 0. The molecule has 0 aliphatic carbocycles. The van der Waals surface area contributed by atoms with E-state index in [9.17, 15) is 20.2 Å². The van der Waals surface area contributed by atoms with Gasteiger partial charge in [-0.2, -0.15) is 20.1 Å². The van der Waals surface area contributed by atoms with E-state index in [4.69, 9.17) is 0 Å². The van der Waals surface area contributed by atoms with E-state index in [1.165, 1.54) is 24.4 Å². The zero-order chi connectivity index (χ0) is 24.6. The first-order valence-corrected chi connectivity index (χ1v) is 11.0. The summed E-state index contributed by atoms with van der Waals surface area (Å²) in [6.07, 6.45) is 5.66. The first-order valence-electron chi connectivity index (χ1n) is 11.0. The number of non-ortho nitro benzene ring substituents is 1. The number of para-hydroxylation sites is 1. The molecule has 0 amide bonds. The van der Waals surface area contributed by atoms with Gasteiger partial charge in [-0.1, -0.05) is 25.0 Å². The van der Waals surface area contributed by atoms with Gasteiger partial charge >= 0.3 is 0 Å². The third-order valence-electron chi connectivity index (χ3n) is 5.35. The second-order valence-corrected chi connectivity index (χ2v) is 7.80. The van der Waals surface area contributed by atoms with Crippen LogP contribution in [0.1, 0.15) is 31.2 Å². The van der Waals surface area contributed by atoms with Gasteiger partial charge in [0.2, 0.25) is 17.8 Å². The van der Waals surface area contributed by atoms with E-state index < -0.39 is 9.85 Å². The number of hydrogen-bond donors (Lipinski definition) is 2. The van der Waals surface area contributed by atoms with Crippen LogP contribution in [0.3, 0.4) is 0 Å². The van der Waals surface area contributed by atoms with Crippen LogP contribution in [-0.4, -0.2) is 44.1 Å². The van der Waals surface area contributed by atoms with Crippen LogP contribution in [0.5, 0.6) is 0 Å². The Labute approximate surface area is 200 Å². The lowest BCUT2D eigenvalue weighted by molar-refractivity contribution is -0.385. The van der Waals surface area contributed by atoms with Gasteiger partial charge in [-0.05, 0) is 31.0 Å². The zero-order valence-electron chi connectivity index (χ0n) is 18.7.